The second-order valence-corrected chi connectivity index (χ2v) is 2.77. The van der Waals surface area contributed by atoms with Gasteiger partial charge in [0.15, 0.2) is 11.5 Å². The van der Waals surface area contributed by atoms with Crippen LogP contribution in [0.5, 0.6) is 0 Å². The molecule has 0 saturated carbocycles. The van der Waals surface area contributed by atoms with E-state index in [0.29, 0.717) is 11.5 Å². The monoisotopic (exact) mass is 213 g/mol. The van der Waals surface area contributed by atoms with Crippen molar-refractivity contribution in [2.24, 2.45) is 0 Å². The summed E-state index contributed by atoms with van der Waals surface area (Å²) in [4.78, 5) is 7.77. The molecule has 2 rings (SSSR count). The normalized spacial score (nSPS) is 10.6. The quantitative estimate of drug-likeness (QED) is 0.691. The van der Waals surface area contributed by atoms with Crippen molar-refractivity contribution >= 4 is 27.4 Å². The van der Waals surface area contributed by atoms with Gasteiger partial charge in [-0.05, 0) is 15.9 Å². The number of halogens is 1. The molecule has 0 bridgehead atoms. The third-order valence-electron chi connectivity index (χ3n) is 1.29. The number of hydrogen-bond donors (Lipinski definition) is 1. The number of hydrogen-bond acceptors (Lipinski definition) is 4. The Kier molecular flexibility index (Phi) is 1.28. The molecule has 2 heterocycles. The Bertz CT molecular complexity index is 395. The second kappa shape index (κ2) is 2.16. The van der Waals surface area contributed by atoms with Gasteiger partial charge in [0.05, 0.1) is 6.20 Å². The molecule has 6 heteroatoms. The number of imidazole rings is 1. The number of aromatic nitrogens is 4. The molecule has 2 aromatic rings. The van der Waals surface area contributed by atoms with E-state index in [1.807, 2.05) is 0 Å². The van der Waals surface area contributed by atoms with Crippen LogP contribution in [0.3, 0.4) is 0 Å². The van der Waals surface area contributed by atoms with E-state index in [2.05, 4.69) is 31.0 Å². The van der Waals surface area contributed by atoms with Crippen LogP contribution in [0, 0.1) is 0 Å². The predicted octanol–water partition coefficient (Wildman–Crippen LogP) is 0.469. The van der Waals surface area contributed by atoms with Crippen molar-refractivity contribution in [2.45, 2.75) is 0 Å². The molecule has 0 atom stereocenters. The van der Waals surface area contributed by atoms with Crippen molar-refractivity contribution < 1.29 is 0 Å². The highest BCUT2D eigenvalue weighted by Gasteiger charge is 2.03. The molecule has 0 aromatic carbocycles. The van der Waals surface area contributed by atoms with E-state index < -0.39 is 0 Å². The van der Waals surface area contributed by atoms with E-state index in [9.17, 15) is 0 Å². The van der Waals surface area contributed by atoms with Gasteiger partial charge >= 0.3 is 0 Å². The lowest BCUT2D eigenvalue weighted by Gasteiger charge is -1.93. The third-order valence-corrected chi connectivity index (χ3v) is 1.83. The van der Waals surface area contributed by atoms with Crippen LogP contribution < -0.4 is 5.73 Å². The average Bonchev–Trinajstić information content (AvgIpc) is 2.35. The highest BCUT2D eigenvalue weighted by molar-refractivity contribution is 9.10. The fraction of sp³-hybridized carbons (Fsp3) is 0. The SMILES string of the molecule is Nc1ncnn2c(Br)cnc12. The highest BCUT2D eigenvalue weighted by Crippen LogP contribution is 2.13. The molecule has 2 N–H and O–H groups in total. The number of fused-ring (bicyclic) bond motifs is 1. The van der Waals surface area contributed by atoms with Crippen molar-refractivity contribution in [3.8, 4) is 0 Å². The van der Waals surface area contributed by atoms with E-state index in [-0.39, 0.29) is 0 Å². The molecule has 5 nitrogen and oxygen atoms in total. The highest BCUT2D eigenvalue weighted by atomic mass is 79.9. The van der Waals surface area contributed by atoms with E-state index in [0.717, 1.165) is 4.60 Å². The maximum atomic E-state index is 5.51. The van der Waals surface area contributed by atoms with Crippen LogP contribution in [0.25, 0.3) is 5.65 Å². The summed E-state index contributed by atoms with van der Waals surface area (Å²) in [5.41, 5.74) is 6.08. The fourth-order valence-electron chi connectivity index (χ4n) is 0.807. The number of nitrogens with zero attached hydrogens (tertiary/aromatic N) is 4. The van der Waals surface area contributed by atoms with Crippen molar-refractivity contribution in [2.75, 3.05) is 5.73 Å². The van der Waals surface area contributed by atoms with Gasteiger partial charge in [-0.15, -0.1) is 0 Å². The standard InChI is InChI=1S/C5H4BrN5/c6-3-1-8-5-4(7)9-2-10-11(3)5/h1-2H,(H2,7,9,10). The van der Waals surface area contributed by atoms with Gasteiger partial charge in [0, 0.05) is 0 Å². The Balaban J connectivity index is 2.94. The van der Waals surface area contributed by atoms with E-state index in [1.54, 1.807) is 10.7 Å². The molecule has 0 amide bonds. The summed E-state index contributed by atoms with van der Waals surface area (Å²) >= 11 is 3.26. The maximum absolute atomic E-state index is 5.51. The van der Waals surface area contributed by atoms with Crippen molar-refractivity contribution in [1.29, 1.82) is 0 Å². The van der Waals surface area contributed by atoms with Gasteiger partial charge in [-0.25, -0.2) is 14.5 Å². The number of nitrogen functional groups attached to an aromatic ring is 1. The Labute approximate surface area is 70.4 Å². The van der Waals surface area contributed by atoms with Crippen LogP contribution in [0.4, 0.5) is 5.82 Å². The predicted molar refractivity (Wildman–Crippen MR) is 42.9 cm³/mol. The van der Waals surface area contributed by atoms with Gasteiger partial charge in [0.25, 0.3) is 0 Å². The third kappa shape index (κ3) is 0.864. The first kappa shape index (κ1) is 6.53. The first-order valence-electron chi connectivity index (χ1n) is 2.89. The lowest BCUT2D eigenvalue weighted by molar-refractivity contribution is 0.885. The van der Waals surface area contributed by atoms with Gasteiger partial charge < -0.3 is 5.73 Å². The summed E-state index contributed by atoms with van der Waals surface area (Å²) in [5.74, 6) is 0.380. The van der Waals surface area contributed by atoms with Crippen molar-refractivity contribution in [3.05, 3.63) is 17.1 Å². The molecule has 0 fully saturated rings. The molecular weight excluding hydrogens is 210 g/mol. The molecular formula is C5H4BrN5. The molecule has 0 aliphatic carbocycles. The summed E-state index contributed by atoms with van der Waals surface area (Å²) < 4.78 is 2.34. The Hall–Kier alpha value is -1.17. The molecule has 2 aromatic heterocycles. The van der Waals surface area contributed by atoms with E-state index in [4.69, 9.17) is 5.73 Å². The average molecular weight is 214 g/mol. The summed E-state index contributed by atoms with van der Waals surface area (Å²) in [6.07, 6.45) is 3.01. The smallest absolute Gasteiger partial charge is 0.197 e. The van der Waals surface area contributed by atoms with Crippen LogP contribution >= 0.6 is 15.9 Å². The fourth-order valence-corrected chi connectivity index (χ4v) is 1.17. The minimum Gasteiger partial charge on any atom is -0.381 e. The molecule has 56 valence electrons. The number of rotatable bonds is 0. The Morgan fingerprint density at radius 1 is 1.45 bits per heavy atom. The Morgan fingerprint density at radius 2 is 2.27 bits per heavy atom. The van der Waals surface area contributed by atoms with Crippen LogP contribution in [0.15, 0.2) is 17.1 Å². The summed E-state index contributed by atoms with van der Waals surface area (Å²) in [6.45, 7) is 0. The first-order valence-corrected chi connectivity index (χ1v) is 3.68. The first-order chi connectivity index (χ1) is 5.29. The zero-order valence-electron chi connectivity index (χ0n) is 5.40. The minimum atomic E-state index is 0.380. The number of nitrogens with two attached hydrogens (primary N) is 1. The lowest BCUT2D eigenvalue weighted by atomic mass is 10.7. The van der Waals surface area contributed by atoms with Crippen LogP contribution in [-0.4, -0.2) is 19.6 Å². The summed E-state index contributed by atoms with van der Waals surface area (Å²) in [7, 11) is 0. The van der Waals surface area contributed by atoms with E-state index in [1.165, 1.54) is 6.33 Å². The minimum absolute atomic E-state index is 0.380. The molecule has 0 aliphatic rings. The molecule has 0 saturated heterocycles. The van der Waals surface area contributed by atoms with Gasteiger partial charge in [-0.1, -0.05) is 0 Å². The van der Waals surface area contributed by atoms with Crippen LogP contribution in [-0.2, 0) is 0 Å². The molecule has 11 heavy (non-hydrogen) atoms. The van der Waals surface area contributed by atoms with Gasteiger partial charge in [0.2, 0.25) is 0 Å². The van der Waals surface area contributed by atoms with Crippen LogP contribution in [0.1, 0.15) is 0 Å². The van der Waals surface area contributed by atoms with E-state index >= 15 is 0 Å². The van der Waals surface area contributed by atoms with Gasteiger partial charge in [-0.2, -0.15) is 5.10 Å². The topological polar surface area (TPSA) is 69.1 Å². The zero-order valence-corrected chi connectivity index (χ0v) is 6.98. The zero-order chi connectivity index (χ0) is 7.84. The summed E-state index contributed by atoms with van der Waals surface area (Å²) in [6, 6.07) is 0. The maximum Gasteiger partial charge on any atom is 0.197 e. The molecule has 0 unspecified atom stereocenters. The van der Waals surface area contributed by atoms with Gasteiger partial charge in [0.1, 0.15) is 10.9 Å². The molecule has 0 radical (unpaired) electrons. The largest absolute Gasteiger partial charge is 0.381 e. The van der Waals surface area contributed by atoms with Gasteiger partial charge in [-0.3, -0.25) is 0 Å². The number of anilines is 1. The second-order valence-electron chi connectivity index (χ2n) is 1.96. The summed E-state index contributed by atoms with van der Waals surface area (Å²) in [5, 5.41) is 3.92. The van der Waals surface area contributed by atoms with Crippen molar-refractivity contribution in [3.63, 3.8) is 0 Å². The molecule has 0 aliphatic heterocycles. The lowest BCUT2D eigenvalue weighted by Crippen LogP contribution is -1.99. The molecule has 0 spiro atoms. The Morgan fingerprint density at radius 3 is 3.00 bits per heavy atom. The van der Waals surface area contributed by atoms with Crippen LogP contribution in [0.2, 0.25) is 0 Å². The van der Waals surface area contributed by atoms with Crippen molar-refractivity contribution in [1.82, 2.24) is 19.6 Å².